The summed E-state index contributed by atoms with van der Waals surface area (Å²) in [5.41, 5.74) is 3.59. The Labute approximate surface area is 168 Å². The molecule has 5 rings (SSSR count). The third kappa shape index (κ3) is 3.25. The number of amides is 1. The fourth-order valence-electron chi connectivity index (χ4n) is 3.96. The van der Waals surface area contributed by atoms with Gasteiger partial charge in [-0.05, 0) is 41.0 Å². The summed E-state index contributed by atoms with van der Waals surface area (Å²) in [6.45, 7) is 1.97. The lowest BCUT2D eigenvalue weighted by molar-refractivity contribution is -0.119. The first-order valence-corrected chi connectivity index (χ1v) is 9.88. The predicted octanol–water partition coefficient (Wildman–Crippen LogP) is 6.56. The summed E-state index contributed by atoms with van der Waals surface area (Å²) < 4.78 is 5.93. The second-order valence-corrected chi connectivity index (χ2v) is 7.54. The van der Waals surface area contributed by atoms with Gasteiger partial charge in [0.15, 0.2) is 0 Å². The highest BCUT2D eigenvalue weighted by atomic mass is 16.3. The minimum absolute atomic E-state index is 0.00777. The average Bonchev–Trinajstić information content (AvgIpc) is 3.11. The molecule has 1 amide bonds. The quantitative estimate of drug-likeness (QED) is 0.384. The zero-order chi connectivity index (χ0) is 19.8. The monoisotopic (exact) mass is 379 g/mol. The molecule has 29 heavy (non-hydrogen) atoms. The SMILES string of the molecule is CC(Cc1cccc2ccccc12)C(=O)Nc1ccc2c(c1)oc1ccccc12. The summed E-state index contributed by atoms with van der Waals surface area (Å²) in [6, 6.07) is 28.4. The number of furan rings is 1. The van der Waals surface area contributed by atoms with E-state index in [1.165, 1.54) is 16.3 Å². The maximum Gasteiger partial charge on any atom is 0.227 e. The number of carbonyl (C=O) groups is 1. The number of para-hydroxylation sites is 1. The first-order chi connectivity index (χ1) is 14.2. The van der Waals surface area contributed by atoms with E-state index in [0.717, 1.165) is 27.6 Å². The highest BCUT2D eigenvalue weighted by molar-refractivity contribution is 6.06. The molecule has 0 radical (unpaired) electrons. The van der Waals surface area contributed by atoms with Crippen molar-refractivity contribution in [2.75, 3.05) is 5.32 Å². The van der Waals surface area contributed by atoms with Crippen molar-refractivity contribution in [3.8, 4) is 0 Å². The zero-order valence-corrected chi connectivity index (χ0v) is 16.2. The molecule has 3 nitrogen and oxygen atoms in total. The van der Waals surface area contributed by atoms with Crippen LogP contribution in [0.15, 0.2) is 89.3 Å². The van der Waals surface area contributed by atoms with Crippen molar-refractivity contribution in [1.82, 2.24) is 0 Å². The Hall–Kier alpha value is -3.59. The predicted molar refractivity (Wildman–Crippen MR) is 119 cm³/mol. The number of nitrogens with one attached hydrogen (secondary N) is 1. The molecule has 4 aromatic carbocycles. The molecule has 0 aliphatic heterocycles. The van der Waals surface area contributed by atoms with Crippen LogP contribution in [0.25, 0.3) is 32.7 Å². The smallest absolute Gasteiger partial charge is 0.227 e. The molecule has 0 saturated heterocycles. The van der Waals surface area contributed by atoms with Gasteiger partial charge in [0.25, 0.3) is 0 Å². The van der Waals surface area contributed by atoms with Gasteiger partial charge < -0.3 is 9.73 Å². The number of hydrogen-bond donors (Lipinski definition) is 1. The van der Waals surface area contributed by atoms with Crippen molar-refractivity contribution < 1.29 is 9.21 Å². The van der Waals surface area contributed by atoms with Gasteiger partial charge in [0.05, 0.1) is 0 Å². The van der Waals surface area contributed by atoms with Gasteiger partial charge in [0, 0.05) is 28.4 Å². The lowest BCUT2D eigenvalue weighted by atomic mass is 9.95. The van der Waals surface area contributed by atoms with Crippen LogP contribution in [-0.2, 0) is 11.2 Å². The van der Waals surface area contributed by atoms with Gasteiger partial charge in [-0.1, -0.05) is 67.6 Å². The summed E-state index contributed by atoms with van der Waals surface area (Å²) in [7, 11) is 0. The molecular weight excluding hydrogens is 358 g/mol. The molecule has 0 spiro atoms. The number of fused-ring (bicyclic) bond motifs is 4. The molecule has 0 saturated carbocycles. The fraction of sp³-hybridized carbons (Fsp3) is 0.115. The van der Waals surface area contributed by atoms with Crippen LogP contribution in [-0.4, -0.2) is 5.91 Å². The summed E-state index contributed by atoms with van der Waals surface area (Å²) in [6.07, 6.45) is 0.695. The van der Waals surface area contributed by atoms with Crippen LogP contribution in [0, 0.1) is 5.92 Å². The second-order valence-electron chi connectivity index (χ2n) is 7.54. The second kappa shape index (κ2) is 7.10. The highest BCUT2D eigenvalue weighted by Gasteiger charge is 2.16. The third-order valence-corrected chi connectivity index (χ3v) is 5.50. The van der Waals surface area contributed by atoms with Gasteiger partial charge in [-0.3, -0.25) is 4.79 Å². The maximum atomic E-state index is 12.8. The van der Waals surface area contributed by atoms with Crippen LogP contribution in [0.4, 0.5) is 5.69 Å². The summed E-state index contributed by atoms with van der Waals surface area (Å²) in [4.78, 5) is 12.8. The largest absolute Gasteiger partial charge is 0.456 e. The molecule has 0 fully saturated rings. The van der Waals surface area contributed by atoms with Crippen LogP contribution < -0.4 is 5.32 Å². The van der Waals surface area contributed by atoms with E-state index >= 15 is 0 Å². The van der Waals surface area contributed by atoms with Crippen molar-refractivity contribution in [3.63, 3.8) is 0 Å². The highest BCUT2D eigenvalue weighted by Crippen LogP contribution is 2.30. The summed E-state index contributed by atoms with van der Waals surface area (Å²) in [5, 5.41) is 7.60. The Morgan fingerprint density at radius 2 is 1.55 bits per heavy atom. The lowest BCUT2D eigenvalue weighted by Crippen LogP contribution is -2.22. The van der Waals surface area contributed by atoms with Crippen LogP contribution in [0.3, 0.4) is 0 Å². The lowest BCUT2D eigenvalue weighted by Gasteiger charge is -2.14. The molecule has 5 aromatic rings. The number of rotatable bonds is 4. The number of benzene rings is 4. The molecule has 1 atom stereocenters. The molecule has 142 valence electrons. The van der Waals surface area contributed by atoms with Crippen LogP contribution in [0.5, 0.6) is 0 Å². The molecule has 0 aliphatic rings. The van der Waals surface area contributed by atoms with E-state index in [0.29, 0.717) is 6.42 Å². The Kier molecular flexibility index (Phi) is 4.28. The minimum Gasteiger partial charge on any atom is -0.456 e. The third-order valence-electron chi connectivity index (χ3n) is 5.50. The van der Waals surface area contributed by atoms with Crippen molar-refractivity contribution in [2.45, 2.75) is 13.3 Å². The van der Waals surface area contributed by atoms with Crippen molar-refractivity contribution >= 4 is 44.3 Å². The standard InChI is InChI=1S/C26H21NO2/c1-17(15-19-9-6-8-18-7-2-3-10-21(18)19)26(28)27-20-13-14-23-22-11-4-5-12-24(22)29-25(23)16-20/h2-14,16-17H,15H2,1H3,(H,27,28). The average molecular weight is 379 g/mol. The van der Waals surface area contributed by atoms with E-state index in [1.807, 2.05) is 61.5 Å². The van der Waals surface area contributed by atoms with Gasteiger partial charge in [0.2, 0.25) is 5.91 Å². The molecule has 1 heterocycles. The first-order valence-electron chi connectivity index (χ1n) is 9.88. The Balaban J connectivity index is 1.37. The Morgan fingerprint density at radius 1 is 0.828 bits per heavy atom. The molecule has 0 aliphatic carbocycles. The number of carbonyl (C=O) groups excluding carboxylic acids is 1. The van der Waals surface area contributed by atoms with E-state index in [9.17, 15) is 4.79 Å². The molecule has 1 N–H and O–H groups in total. The Morgan fingerprint density at radius 3 is 2.45 bits per heavy atom. The maximum absolute atomic E-state index is 12.8. The van der Waals surface area contributed by atoms with Gasteiger partial charge in [-0.2, -0.15) is 0 Å². The Bertz CT molecular complexity index is 1340. The first kappa shape index (κ1) is 17.5. The van der Waals surface area contributed by atoms with E-state index < -0.39 is 0 Å². The van der Waals surface area contributed by atoms with Gasteiger partial charge in [-0.15, -0.1) is 0 Å². The molecule has 1 unspecified atom stereocenters. The van der Waals surface area contributed by atoms with Gasteiger partial charge >= 0.3 is 0 Å². The fourth-order valence-corrected chi connectivity index (χ4v) is 3.96. The molecule has 0 bridgehead atoms. The summed E-state index contributed by atoms with van der Waals surface area (Å²) >= 11 is 0. The normalized spacial score (nSPS) is 12.4. The van der Waals surface area contributed by atoms with Crippen molar-refractivity contribution in [3.05, 3.63) is 90.5 Å². The molecule has 3 heteroatoms. The molecule has 1 aromatic heterocycles. The van der Waals surface area contributed by atoms with Crippen molar-refractivity contribution in [1.29, 1.82) is 0 Å². The number of hydrogen-bond acceptors (Lipinski definition) is 2. The van der Waals surface area contributed by atoms with Crippen LogP contribution >= 0.6 is 0 Å². The summed E-state index contributed by atoms with van der Waals surface area (Å²) in [5.74, 6) is -0.138. The topological polar surface area (TPSA) is 42.2 Å². The van der Waals surface area contributed by atoms with Crippen LogP contribution in [0.1, 0.15) is 12.5 Å². The van der Waals surface area contributed by atoms with E-state index in [4.69, 9.17) is 4.42 Å². The number of anilines is 1. The van der Waals surface area contributed by atoms with E-state index in [-0.39, 0.29) is 11.8 Å². The van der Waals surface area contributed by atoms with Crippen molar-refractivity contribution in [2.24, 2.45) is 5.92 Å². The zero-order valence-electron chi connectivity index (χ0n) is 16.2. The van der Waals surface area contributed by atoms with Gasteiger partial charge in [0.1, 0.15) is 11.2 Å². The molecular formula is C26H21NO2. The van der Waals surface area contributed by atoms with Gasteiger partial charge in [-0.25, -0.2) is 0 Å². The minimum atomic E-state index is -0.146. The van der Waals surface area contributed by atoms with E-state index in [1.54, 1.807) is 0 Å². The van der Waals surface area contributed by atoms with E-state index in [2.05, 4.69) is 35.6 Å². The van der Waals surface area contributed by atoms with Crippen LogP contribution in [0.2, 0.25) is 0 Å².